The van der Waals surface area contributed by atoms with E-state index in [4.69, 9.17) is 9.72 Å². The number of halogens is 1. The van der Waals surface area contributed by atoms with Gasteiger partial charge in [0, 0.05) is 31.1 Å². The molecule has 2 heterocycles. The lowest BCUT2D eigenvalue weighted by atomic mass is 9.97. The predicted octanol–water partition coefficient (Wildman–Crippen LogP) is 3.39. The number of likely N-dealkylation sites (tertiary alicyclic amines) is 1. The van der Waals surface area contributed by atoms with Crippen molar-refractivity contribution in [1.82, 2.24) is 15.2 Å². The Hall–Kier alpha value is -1.68. The number of carbonyl (C=O) groups is 1. The zero-order valence-electron chi connectivity index (χ0n) is 15.6. The number of thiazole rings is 1. The van der Waals surface area contributed by atoms with Gasteiger partial charge in [0.15, 0.2) is 5.96 Å². The fourth-order valence-electron chi connectivity index (χ4n) is 3.11. The first-order valence-electron chi connectivity index (χ1n) is 8.74. The number of hydrogen-bond donors (Lipinski definition) is 1. The number of hydrogen-bond acceptors (Lipinski definition) is 5. The van der Waals surface area contributed by atoms with E-state index in [2.05, 4.69) is 32.7 Å². The molecule has 1 fully saturated rings. The summed E-state index contributed by atoms with van der Waals surface area (Å²) in [6.07, 6.45) is 1.59. The van der Waals surface area contributed by atoms with Crippen molar-refractivity contribution in [2.75, 3.05) is 27.2 Å². The average molecular weight is 500 g/mol. The quantitative estimate of drug-likeness (QED) is 0.302. The summed E-state index contributed by atoms with van der Waals surface area (Å²) >= 11 is 1.64. The van der Waals surface area contributed by atoms with Crippen molar-refractivity contribution in [2.45, 2.75) is 19.4 Å². The molecule has 0 amide bonds. The molecule has 0 bridgehead atoms. The molecule has 8 heteroatoms. The van der Waals surface area contributed by atoms with Crippen LogP contribution in [-0.2, 0) is 16.1 Å². The van der Waals surface area contributed by atoms with E-state index in [1.165, 1.54) is 7.11 Å². The van der Waals surface area contributed by atoms with Gasteiger partial charge in [0.2, 0.25) is 0 Å². The fraction of sp³-hybridized carbons (Fsp3) is 0.421. The number of rotatable bonds is 4. The third kappa shape index (κ3) is 5.65. The molecule has 1 N–H and O–H groups in total. The summed E-state index contributed by atoms with van der Waals surface area (Å²) in [7, 11) is 3.24. The molecule has 146 valence electrons. The van der Waals surface area contributed by atoms with Crippen molar-refractivity contribution in [3.63, 3.8) is 0 Å². The van der Waals surface area contributed by atoms with E-state index in [9.17, 15) is 4.79 Å². The number of ether oxygens (including phenoxy) is 1. The topological polar surface area (TPSA) is 66.8 Å². The van der Waals surface area contributed by atoms with Crippen LogP contribution in [0.2, 0.25) is 0 Å². The van der Waals surface area contributed by atoms with E-state index in [-0.39, 0.29) is 35.9 Å². The highest BCUT2D eigenvalue weighted by Gasteiger charge is 2.26. The number of carbonyl (C=O) groups excluding carboxylic acids is 1. The lowest BCUT2D eigenvalue weighted by Gasteiger charge is -2.33. The fourth-order valence-corrected chi connectivity index (χ4v) is 3.86. The number of guanidine groups is 1. The molecule has 1 aromatic heterocycles. The monoisotopic (exact) mass is 500 g/mol. The zero-order chi connectivity index (χ0) is 18.4. The van der Waals surface area contributed by atoms with E-state index in [0.29, 0.717) is 6.54 Å². The van der Waals surface area contributed by atoms with Gasteiger partial charge < -0.3 is 15.0 Å². The average Bonchev–Trinajstić information content (AvgIpc) is 3.18. The first kappa shape index (κ1) is 21.6. The highest BCUT2D eigenvalue weighted by Crippen LogP contribution is 2.22. The van der Waals surface area contributed by atoms with Crippen molar-refractivity contribution in [1.29, 1.82) is 0 Å². The van der Waals surface area contributed by atoms with Gasteiger partial charge in [-0.3, -0.25) is 9.79 Å². The molecule has 0 saturated carbocycles. The Kier molecular flexibility index (Phi) is 8.49. The molecule has 3 rings (SSSR count). The van der Waals surface area contributed by atoms with Crippen LogP contribution in [0.5, 0.6) is 0 Å². The summed E-state index contributed by atoms with van der Waals surface area (Å²) in [6.45, 7) is 2.24. The van der Waals surface area contributed by atoms with Crippen molar-refractivity contribution in [3.8, 4) is 11.3 Å². The maximum absolute atomic E-state index is 11.6. The Labute approximate surface area is 181 Å². The zero-order valence-corrected chi connectivity index (χ0v) is 18.7. The third-order valence-electron chi connectivity index (χ3n) is 4.56. The van der Waals surface area contributed by atoms with Gasteiger partial charge in [0.05, 0.1) is 25.3 Å². The van der Waals surface area contributed by atoms with Crippen LogP contribution >= 0.6 is 35.3 Å². The van der Waals surface area contributed by atoms with E-state index < -0.39 is 0 Å². The molecule has 2 aromatic rings. The molecule has 0 atom stereocenters. The van der Waals surface area contributed by atoms with E-state index in [1.807, 2.05) is 18.2 Å². The van der Waals surface area contributed by atoms with Crippen LogP contribution in [0.4, 0.5) is 0 Å². The molecule has 1 saturated heterocycles. The van der Waals surface area contributed by atoms with Crippen LogP contribution in [0.25, 0.3) is 11.3 Å². The van der Waals surface area contributed by atoms with Gasteiger partial charge in [0.25, 0.3) is 0 Å². The summed E-state index contributed by atoms with van der Waals surface area (Å²) in [5, 5.41) is 6.49. The van der Waals surface area contributed by atoms with Gasteiger partial charge in [-0.2, -0.15) is 0 Å². The van der Waals surface area contributed by atoms with Gasteiger partial charge in [-0.1, -0.05) is 30.3 Å². The van der Waals surface area contributed by atoms with E-state index >= 15 is 0 Å². The molecule has 0 radical (unpaired) electrons. The summed E-state index contributed by atoms with van der Waals surface area (Å²) in [5.74, 6) is 0.746. The van der Waals surface area contributed by atoms with E-state index in [0.717, 1.165) is 48.2 Å². The molecule has 1 aromatic carbocycles. The Balaban J connectivity index is 0.00000261. The molecule has 0 aliphatic carbocycles. The Bertz CT molecular complexity index is 758. The molecular weight excluding hydrogens is 475 g/mol. The molecule has 1 aliphatic heterocycles. The van der Waals surface area contributed by atoms with Crippen LogP contribution < -0.4 is 5.32 Å². The Morgan fingerprint density at radius 1 is 1.33 bits per heavy atom. The third-order valence-corrected chi connectivity index (χ3v) is 5.41. The van der Waals surface area contributed by atoms with Crippen molar-refractivity contribution >= 4 is 47.2 Å². The first-order chi connectivity index (χ1) is 12.7. The highest BCUT2D eigenvalue weighted by atomic mass is 127. The molecule has 1 aliphatic rings. The van der Waals surface area contributed by atoms with E-state index in [1.54, 1.807) is 18.4 Å². The van der Waals surface area contributed by atoms with Gasteiger partial charge in [0.1, 0.15) is 5.01 Å². The summed E-state index contributed by atoms with van der Waals surface area (Å²) in [4.78, 5) is 22.9. The molecule has 0 unspecified atom stereocenters. The minimum Gasteiger partial charge on any atom is -0.469 e. The molecular formula is C19H25IN4O2S. The molecule has 6 nitrogen and oxygen atoms in total. The largest absolute Gasteiger partial charge is 0.469 e. The van der Waals surface area contributed by atoms with Crippen molar-refractivity contribution in [3.05, 3.63) is 40.7 Å². The Morgan fingerprint density at radius 3 is 2.67 bits per heavy atom. The van der Waals surface area contributed by atoms with Crippen LogP contribution in [-0.4, -0.2) is 49.1 Å². The van der Waals surface area contributed by atoms with Gasteiger partial charge in [-0.05, 0) is 12.8 Å². The number of nitrogens with zero attached hydrogens (tertiary/aromatic N) is 3. The van der Waals surface area contributed by atoms with Crippen molar-refractivity contribution < 1.29 is 9.53 Å². The Morgan fingerprint density at radius 2 is 2.04 bits per heavy atom. The second-order valence-corrected chi connectivity index (χ2v) is 7.12. The van der Waals surface area contributed by atoms with Gasteiger partial charge >= 0.3 is 5.97 Å². The van der Waals surface area contributed by atoms with Crippen LogP contribution in [0.15, 0.2) is 40.7 Å². The second-order valence-electron chi connectivity index (χ2n) is 6.18. The van der Waals surface area contributed by atoms with Crippen LogP contribution in [0.1, 0.15) is 17.8 Å². The maximum Gasteiger partial charge on any atom is 0.308 e. The summed E-state index contributed by atoms with van der Waals surface area (Å²) < 4.78 is 4.85. The minimum absolute atomic E-state index is 0. The van der Waals surface area contributed by atoms with Crippen LogP contribution in [0, 0.1) is 5.92 Å². The summed E-state index contributed by atoms with van der Waals surface area (Å²) in [5.41, 5.74) is 2.13. The van der Waals surface area contributed by atoms with Gasteiger partial charge in [-0.25, -0.2) is 4.98 Å². The standard InChI is InChI=1S/C19H24N4O2S.HI/c1-20-19(23-10-8-15(9-11-23)18(24)25-2)21-12-17-22-16(13-26-17)14-6-4-3-5-7-14;/h3-7,13,15H,8-12H2,1-2H3,(H,20,21);1H. The van der Waals surface area contributed by atoms with Crippen molar-refractivity contribution in [2.24, 2.45) is 10.9 Å². The minimum atomic E-state index is -0.108. The number of aromatic nitrogens is 1. The predicted molar refractivity (Wildman–Crippen MR) is 119 cm³/mol. The number of piperidine rings is 1. The lowest BCUT2D eigenvalue weighted by Crippen LogP contribution is -2.46. The molecule has 27 heavy (non-hydrogen) atoms. The highest BCUT2D eigenvalue weighted by molar-refractivity contribution is 14.0. The molecule has 0 spiro atoms. The van der Waals surface area contributed by atoms with Crippen LogP contribution in [0.3, 0.4) is 0 Å². The second kappa shape index (κ2) is 10.6. The lowest BCUT2D eigenvalue weighted by molar-refractivity contribution is -0.146. The number of nitrogens with one attached hydrogen (secondary N) is 1. The first-order valence-corrected chi connectivity index (χ1v) is 9.62. The number of esters is 1. The summed E-state index contributed by atoms with van der Waals surface area (Å²) in [6, 6.07) is 10.2. The van der Waals surface area contributed by atoms with Gasteiger partial charge in [-0.15, -0.1) is 35.3 Å². The maximum atomic E-state index is 11.6. The smallest absolute Gasteiger partial charge is 0.308 e. The number of aliphatic imine (C=N–C) groups is 1. The SMILES string of the molecule is CN=C(NCc1nc(-c2ccccc2)cs1)N1CCC(C(=O)OC)CC1.I. The number of methoxy groups -OCH3 is 1. The normalized spacial score (nSPS) is 15.2. The number of benzene rings is 1.